The number of hydrogen-bond donors (Lipinski definition) is 0. The van der Waals surface area contributed by atoms with E-state index in [4.69, 9.17) is 10.00 Å². The monoisotopic (exact) mass is 234 g/mol. The molecule has 1 aliphatic heterocycles. The molecule has 17 heavy (non-hydrogen) atoms. The molecule has 1 aromatic heterocycles. The van der Waals surface area contributed by atoms with Crippen molar-refractivity contribution in [2.45, 2.75) is 6.10 Å². The number of nitriles is 1. The van der Waals surface area contributed by atoms with Crippen LogP contribution in [0.3, 0.4) is 0 Å². The Morgan fingerprint density at radius 3 is 3.24 bits per heavy atom. The number of rotatable bonds is 2. The van der Waals surface area contributed by atoms with Gasteiger partial charge in [-0.05, 0) is 0 Å². The van der Waals surface area contributed by atoms with E-state index in [9.17, 15) is 10.1 Å². The van der Waals surface area contributed by atoms with Crippen LogP contribution in [0.4, 0.5) is 11.5 Å². The summed E-state index contributed by atoms with van der Waals surface area (Å²) in [5.74, 6) is 0.503. The Morgan fingerprint density at radius 2 is 2.53 bits per heavy atom. The van der Waals surface area contributed by atoms with E-state index in [1.165, 1.54) is 18.3 Å². The smallest absolute Gasteiger partial charge is 0.274 e. The summed E-state index contributed by atoms with van der Waals surface area (Å²) in [6.07, 6.45) is 0.884. The molecule has 1 aromatic rings. The summed E-state index contributed by atoms with van der Waals surface area (Å²) < 4.78 is 5.19. The molecule has 0 bridgehead atoms. The predicted octanol–water partition coefficient (Wildman–Crippen LogP) is 0.719. The van der Waals surface area contributed by atoms with Gasteiger partial charge in [-0.15, -0.1) is 0 Å². The molecule has 0 aromatic carbocycles. The molecule has 1 fully saturated rings. The zero-order valence-corrected chi connectivity index (χ0v) is 8.94. The SMILES string of the molecule is N#CC1CN(c2cc([N+](=O)[O-])ccn2)CCO1. The number of pyridine rings is 1. The van der Waals surface area contributed by atoms with Gasteiger partial charge >= 0.3 is 0 Å². The molecule has 0 spiro atoms. The van der Waals surface area contributed by atoms with Crippen molar-refractivity contribution >= 4 is 11.5 Å². The Balaban J connectivity index is 2.19. The molecule has 7 nitrogen and oxygen atoms in total. The predicted molar refractivity (Wildman–Crippen MR) is 58.5 cm³/mol. The van der Waals surface area contributed by atoms with Gasteiger partial charge in [-0.1, -0.05) is 0 Å². The Kier molecular flexibility index (Phi) is 3.16. The van der Waals surface area contributed by atoms with Gasteiger partial charge < -0.3 is 9.64 Å². The largest absolute Gasteiger partial charge is 0.360 e. The highest BCUT2D eigenvalue weighted by atomic mass is 16.6. The van der Waals surface area contributed by atoms with E-state index in [0.29, 0.717) is 25.5 Å². The number of hydrogen-bond acceptors (Lipinski definition) is 6. The fraction of sp³-hybridized carbons (Fsp3) is 0.400. The first-order valence-electron chi connectivity index (χ1n) is 5.07. The third-order valence-corrected chi connectivity index (χ3v) is 2.47. The molecule has 1 saturated heterocycles. The molecule has 0 radical (unpaired) electrons. The summed E-state index contributed by atoms with van der Waals surface area (Å²) in [6, 6.07) is 4.76. The fourth-order valence-corrected chi connectivity index (χ4v) is 1.63. The minimum Gasteiger partial charge on any atom is -0.360 e. The van der Waals surface area contributed by atoms with Crippen molar-refractivity contribution in [3.8, 4) is 6.07 Å². The lowest BCUT2D eigenvalue weighted by atomic mass is 10.3. The van der Waals surface area contributed by atoms with Gasteiger partial charge in [-0.25, -0.2) is 4.98 Å². The van der Waals surface area contributed by atoms with E-state index in [1.54, 1.807) is 0 Å². The molecule has 0 aliphatic carbocycles. The van der Waals surface area contributed by atoms with Crippen LogP contribution in [0.1, 0.15) is 0 Å². The lowest BCUT2D eigenvalue weighted by Gasteiger charge is -2.30. The van der Waals surface area contributed by atoms with Crippen LogP contribution in [0.25, 0.3) is 0 Å². The van der Waals surface area contributed by atoms with Gasteiger partial charge in [0, 0.05) is 18.8 Å². The minimum atomic E-state index is -0.509. The van der Waals surface area contributed by atoms with Gasteiger partial charge in [0.2, 0.25) is 0 Å². The van der Waals surface area contributed by atoms with Crippen LogP contribution in [0.2, 0.25) is 0 Å². The van der Waals surface area contributed by atoms with E-state index < -0.39 is 11.0 Å². The summed E-state index contributed by atoms with van der Waals surface area (Å²) in [4.78, 5) is 16.1. The molecular weight excluding hydrogens is 224 g/mol. The van der Waals surface area contributed by atoms with Crippen LogP contribution < -0.4 is 4.90 Å². The number of anilines is 1. The topological polar surface area (TPSA) is 92.3 Å². The van der Waals surface area contributed by atoms with Crippen molar-refractivity contribution in [3.05, 3.63) is 28.4 Å². The van der Waals surface area contributed by atoms with Crippen LogP contribution in [-0.4, -0.2) is 35.7 Å². The fourth-order valence-electron chi connectivity index (χ4n) is 1.63. The van der Waals surface area contributed by atoms with Gasteiger partial charge in [0.25, 0.3) is 5.69 Å². The number of nitro groups is 1. The number of morpholine rings is 1. The Hall–Kier alpha value is -2.20. The summed E-state index contributed by atoms with van der Waals surface area (Å²) >= 11 is 0. The third-order valence-electron chi connectivity index (χ3n) is 2.47. The quantitative estimate of drug-likeness (QED) is 0.553. The Morgan fingerprint density at radius 1 is 1.71 bits per heavy atom. The zero-order chi connectivity index (χ0) is 12.3. The molecular formula is C10H10N4O3. The van der Waals surface area contributed by atoms with E-state index in [0.717, 1.165) is 0 Å². The minimum absolute atomic E-state index is 0.00463. The normalized spacial score (nSPS) is 19.7. The number of ether oxygens (including phenoxy) is 1. The number of nitrogens with zero attached hydrogens (tertiary/aromatic N) is 4. The van der Waals surface area contributed by atoms with E-state index in [1.807, 2.05) is 11.0 Å². The number of aromatic nitrogens is 1. The van der Waals surface area contributed by atoms with Crippen molar-refractivity contribution in [1.82, 2.24) is 4.98 Å². The van der Waals surface area contributed by atoms with Crippen molar-refractivity contribution in [1.29, 1.82) is 5.26 Å². The van der Waals surface area contributed by atoms with E-state index >= 15 is 0 Å². The van der Waals surface area contributed by atoms with Crippen molar-refractivity contribution in [2.75, 3.05) is 24.6 Å². The Labute approximate surface area is 97.4 Å². The van der Waals surface area contributed by atoms with E-state index in [2.05, 4.69) is 4.98 Å². The molecule has 2 heterocycles. The maximum absolute atomic E-state index is 10.6. The molecule has 1 atom stereocenters. The molecule has 88 valence electrons. The lowest BCUT2D eigenvalue weighted by Crippen LogP contribution is -2.42. The molecule has 2 rings (SSSR count). The van der Waals surface area contributed by atoms with Crippen molar-refractivity contribution < 1.29 is 9.66 Å². The van der Waals surface area contributed by atoms with Gasteiger partial charge in [0.1, 0.15) is 5.82 Å². The van der Waals surface area contributed by atoms with Gasteiger partial charge in [0.15, 0.2) is 6.10 Å². The van der Waals surface area contributed by atoms with Crippen LogP contribution in [0, 0.1) is 21.4 Å². The molecule has 0 amide bonds. The average molecular weight is 234 g/mol. The first kappa shape index (κ1) is 11.3. The summed E-state index contributed by atoms with van der Waals surface area (Å²) in [5.41, 5.74) is -0.00463. The van der Waals surface area contributed by atoms with Crippen LogP contribution in [0.5, 0.6) is 0 Å². The van der Waals surface area contributed by atoms with Gasteiger partial charge in [-0.2, -0.15) is 5.26 Å². The second-order valence-electron chi connectivity index (χ2n) is 3.56. The highest BCUT2D eigenvalue weighted by Gasteiger charge is 2.22. The molecule has 7 heteroatoms. The maximum Gasteiger partial charge on any atom is 0.274 e. The second-order valence-corrected chi connectivity index (χ2v) is 3.56. The second kappa shape index (κ2) is 4.76. The van der Waals surface area contributed by atoms with Crippen LogP contribution in [0.15, 0.2) is 18.3 Å². The highest BCUT2D eigenvalue weighted by Crippen LogP contribution is 2.20. The first-order chi connectivity index (χ1) is 8.20. The van der Waals surface area contributed by atoms with Crippen LogP contribution >= 0.6 is 0 Å². The van der Waals surface area contributed by atoms with Gasteiger partial charge in [-0.3, -0.25) is 10.1 Å². The van der Waals surface area contributed by atoms with Crippen molar-refractivity contribution in [2.24, 2.45) is 0 Å². The average Bonchev–Trinajstić information content (AvgIpc) is 2.39. The zero-order valence-electron chi connectivity index (χ0n) is 8.94. The van der Waals surface area contributed by atoms with Crippen molar-refractivity contribution in [3.63, 3.8) is 0 Å². The standard InChI is InChI=1S/C10H10N4O3/c11-6-9-7-13(3-4-17-9)10-5-8(14(15)16)1-2-12-10/h1-2,5,9H,3-4,7H2. The first-order valence-corrected chi connectivity index (χ1v) is 5.07. The van der Waals surface area contributed by atoms with Gasteiger partial charge in [0.05, 0.1) is 30.2 Å². The summed E-state index contributed by atoms with van der Waals surface area (Å²) in [5, 5.41) is 19.4. The highest BCUT2D eigenvalue weighted by molar-refractivity contribution is 5.47. The lowest BCUT2D eigenvalue weighted by molar-refractivity contribution is -0.384. The Bertz CT molecular complexity index is 471. The summed E-state index contributed by atoms with van der Waals surface area (Å²) in [7, 11) is 0. The molecule has 1 unspecified atom stereocenters. The molecule has 1 aliphatic rings. The maximum atomic E-state index is 10.6. The summed E-state index contributed by atoms with van der Waals surface area (Å²) in [6.45, 7) is 1.37. The molecule has 0 saturated carbocycles. The third kappa shape index (κ3) is 2.49. The van der Waals surface area contributed by atoms with E-state index in [-0.39, 0.29) is 5.69 Å². The van der Waals surface area contributed by atoms with Crippen LogP contribution in [-0.2, 0) is 4.74 Å². The molecule has 0 N–H and O–H groups in total.